The van der Waals surface area contributed by atoms with Crippen LogP contribution in [0.4, 0.5) is 17.6 Å². The maximum Gasteiger partial charge on any atom is 0.417 e. The zero-order chi connectivity index (χ0) is 14.3. The fourth-order valence-electron chi connectivity index (χ4n) is 2.04. The minimum Gasteiger partial charge on any atom is -0.338 e. The number of hydrogen-bond donors (Lipinski definition) is 1. The number of imidazole rings is 1. The molecule has 1 aromatic heterocycles. The highest BCUT2D eigenvalue weighted by Crippen LogP contribution is 2.37. The Morgan fingerprint density at radius 1 is 1.00 bits per heavy atom. The van der Waals surface area contributed by atoms with E-state index in [9.17, 15) is 17.6 Å². The maximum atomic E-state index is 13.1. The van der Waals surface area contributed by atoms with Gasteiger partial charge in [0.2, 0.25) is 0 Å². The lowest BCUT2D eigenvalue weighted by Gasteiger charge is -2.11. The van der Waals surface area contributed by atoms with E-state index in [4.69, 9.17) is 0 Å². The van der Waals surface area contributed by atoms with Crippen LogP contribution in [0.1, 0.15) is 5.56 Å². The van der Waals surface area contributed by atoms with E-state index in [0.717, 1.165) is 12.1 Å². The molecule has 0 aliphatic heterocycles. The number of H-pyrrole nitrogens is 1. The number of aromatic nitrogens is 2. The van der Waals surface area contributed by atoms with Gasteiger partial charge in [0.05, 0.1) is 16.6 Å². The van der Waals surface area contributed by atoms with Gasteiger partial charge in [0.15, 0.2) is 0 Å². The largest absolute Gasteiger partial charge is 0.417 e. The number of nitrogens with zero attached hydrogens (tertiary/aromatic N) is 1. The van der Waals surface area contributed by atoms with Crippen molar-refractivity contribution in [2.24, 2.45) is 0 Å². The molecule has 0 radical (unpaired) electrons. The second kappa shape index (κ2) is 4.33. The predicted molar refractivity (Wildman–Crippen MR) is 66.5 cm³/mol. The summed E-state index contributed by atoms with van der Waals surface area (Å²) in [5.41, 5.74) is -0.0356. The van der Waals surface area contributed by atoms with Gasteiger partial charge in [0.25, 0.3) is 0 Å². The molecule has 0 aliphatic carbocycles. The van der Waals surface area contributed by atoms with Crippen LogP contribution in [-0.2, 0) is 6.18 Å². The van der Waals surface area contributed by atoms with Gasteiger partial charge < -0.3 is 4.98 Å². The lowest BCUT2D eigenvalue weighted by Crippen LogP contribution is -2.08. The lowest BCUT2D eigenvalue weighted by molar-refractivity contribution is -0.137. The minimum absolute atomic E-state index is 0.0681. The Labute approximate surface area is 111 Å². The number of alkyl halides is 3. The summed E-state index contributed by atoms with van der Waals surface area (Å²) in [7, 11) is 0. The number of fused-ring (bicyclic) bond motifs is 1. The summed E-state index contributed by atoms with van der Waals surface area (Å²) in [6.07, 6.45) is -4.64. The smallest absolute Gasteiger partial charge is 0.338 e. The molecule has 0 fully saturated rings. The van der Waals surface area contributed by atoms with Gasteiger partial charge in [0.1, 0.15) is 11.6 Å². The summed E-state index contributed by atoms with van der Waals surface area (Å²) in [6, 6.07) is 9.42. The molecule has 3 rings (SSSR count). The van der Waals surface area contributed by atoms with Crippen molar-refractivity contribution >= 4 is 11.0 Å². The zero-order valence-corrected chi connectivity index (χ0v) is 10.0. The third-order valence-corrected chi connectivity index (χ3v) is 2.93. The Kier molecular flexibility index (Phi) is 2.74. The molecule has 0 saturated carbocycles. The third-order valence-electron chi connectivity index (χ3n) is 2.93. The van der Waals surface area contributed by atoms with E-state index in [2.05, 4.69) is 9.97 Å². The molecule has 1 heterocycles. The molecule has 0 atom stereocenters. The minimum atomic E-state index is -4.64. The highest BCUT2D eigenvalue weighted by Gasteiger charge is 2.34. The van der Waals surface area contributed by atoms with Crippen molar-refractivity contribution in [1.29, 1.82) is 0 Å². The Morgan fingerprint density at radius 3 is 2.45 bits per heavy atom. The standard InChI is InChI=1S/C14H8F4N2/c15-8-5-6-9(10(7-8)14(16,17)18)13-19-11-3-1-2-4-12(11)20-13/h1-7H,(H,19,20). The molecule has 102 valence electrons. The van der Waals surface area contributed by atoms with Crippen LogP contribution in [0, 0.1) is 5.82 Å². The van der Waals surface area contributed by atoms with Crippen molar-refractivity contribution in [3.8, 4) is 11.4 Å². The van der Waals surface area contributed by atoms with Gasteiger partial charge in [-0.1, -0.05) is 12.1 Å². The van der Waals surface area contributed by atoms with Crippen molar-refractivity contribution in [2.75, 3.05) is 0 Å². The molecule has 0 spiro atoms. The fourth-order valence-corrected chi connectivity index (χ4v) is 2.04. The predicted octanol–water partition coefficient (Wildman–Crippen LogP) is 4.39. The third kappa shape index (κ3) is 2.13. The molecule has 0 saturated heterocycles. The van der Waals surface area contributed by atoms with Gasteiger partial charge in [-0.25, -0.2) is 9.37 Å². The number of nitrogens with one attached hydrogen (secondary N) is 1. The van der Waals surface area contributed by atoms with Gasteiger partial charge in [-0.3, -0.25) is 0 Å². The van der Waals surface area contributed by atoms with Crippen LogP contribution in [0.15, 0.2) is 42.5 Å². The van der Waals surface area contributed by atoms with Crippen LogP contribution in [0.25, 0.3) is 22.4 Å². The number of halogens is 4. The second-order valence-electron chi connectivity index (χ2n) is 4.29. The van der Waals surface area contributed by atoms with E-state index < -0.39 is 17.6 Å². The molecular weight excluding hydrogens is 272 g/mol. The van der Waals surface area contributed by atoms with Crippen LogP contribution < -0.4 is 0 Å². The zero-order valence-electron chi connectivity index (χ0n) is 10.0. The molecule has 6 heteroatoms. The summed E-state index contributed by atoms with van der Waals surface area (Å²) >= 11 is 0. The van der Waals surface area contributed by atoms with Crippen molar-refractivity contribution in [2.45, 2.75) is 6.18 Å². The fraction of sp³-hybridized carbons (Fsp3) is 0.0714. The highest BCUT2D eigenvalue weighted by molar-refractivity contribution is 5.80. The Bertz CT molecular complexity index is 741. The van der Waals surface area contributed by atoms with Crippen molar-refractivity contribution < 1.29 is 17.6 Å². The normalized spacial score (nSPS) is 12.0. The first-order chi connectivity index (χ1) is 9.45. The number of rotatable bonds is 1. The molecule has 3 aromatic rings. The summed E-state index contributed by atoms with van der Waals surface area (Å²) in [6.45, 7) is 0. The Hall–Kier alpha value is -2.37. The molecule has 0 amide bonds. The summed E-state index contributed by atoms with van der Waals surface area (Å²) in [5.74, 6) is -0.865. The van der Waals surface area contributed by atoms with Crippen LogP contribution in [0.5, 0.6) is 0 Å². The molecular formula is C14H8F4N2. The van der Waals surface area contributed by atoms with Gasteiger partial charge in [0, 0.05) is 5.56 Å². The van der Waals surface area contributed by atoms with E-state index in [-0.39, 0.29) is 11.4 Å². The summed E-state index contributed by atoms with van der Waals surface area (Å²) in [5, 5.41) is 0. The molecule has 20 heavy (non-hydrogen) atoms. The van der Waals surface area contributed by atoms with Crippen molar-refractivity contribution in [3.05, 3.63) is 53.8 Å². The molecule has 1 N–H and O–H groups in total. The van der Waals surface area contributed by atoms with Crippen LogP contribution in [-0.4, -0.2) is 9.97 Å². The first-order valence-electron chi connectivity index (χ1n) is 5.77. The van der Waals surface area contributed by atoms with E-state index in [0.29, 0.717) is 17.1 Å². The molecule has 0 aliphatic rings. The van der Waals surface area contributed by atoms with Crippen LogP contribution >= 0.6 is 0 Å². The Balaban J connectivity index is 2.23. The first kappa shape index (κ1) is 12.7. The molecule has 0 unspecified atom stereocenters. The van der Waals surface area contributed by atoms with Crippen LogP contribution in [0.2, 0.25) is 0 Å². The van der Waals surface area contributed by atoms with Crippen LogP contribution in [0.3, 0.4) is 0 Å². The van der Waals surface area contributed by atoms with Gasteiger partial charge in [-0.2, -0.15) is 13.2 Å². The molecule has 2 nitrogen and oxygen atoms in total. The van der Waals surface area contributed by atoms with Crippen molar-refractivity contribution in [1.82, 2.24) is 9.97 Å². The first-order valence-corrected chi connectivity index (χ1v) is 5.77. The lowest BCUT2D eigenvalue weighted by atomic mass is 10.1. The average Bonchev–Trinajstić information content (AvgIpc) is 2.81. The quantitative estimate of drug-likeness (QED) is 0.658. The highest BCUT2D eigenvalue weighted by atomic mass is 19.4. The molecule has 0 bridgehead atoms. The summed E-state index contributed by atoms with van der Waals surface area (Å²) < 4.78 is 52.0. The van der Waals surface area contributed by atoms with Gasteiger partial charge in [-0.15, -0.1) is 0 Å². The number of para-hydroxylation sites is 2. The monoisotopic (exact) mass is 280 g/mol. The van der Waals surface area contributed by atoms with E-state index >= 15 is 0 Å². The van der Waals surface area contributed by atoms with Crippen molar-refractivity contribution in [3.63, 3.8) is 0 Å². The number of aromatic amines is 1. The number of benzene rings is 2. The number of hydrogen-bond acceptors (Lipinski definition) is 1. The summed E-state index contributed by atoms with van der Waals surface area (Å²) in [4.78, 5) is 6.92. The van der Waals surface area contributed by atoms with E-state index in [1.54, 1.807) is 24.3 Å². The van der Waals surface area contributed by atoms with Gasteiger partial charge >= 0.3 is 6.18 Å². The van der Waals surface area contributed by atoms with Gasteiger partial charge in [-0.05, 0) is 30.3 Å². The maximum absolute atomic E-state index is 13.1. The molecule has 2 aromatic carbocycles. The van der Waals surface area contributed by atoms with E-state index in [1.165, 1.54) is 0 Å². The average molecular weight is 280 g/mol. The SMILES string of the molecule is Fc1ccc(-c2nc3ccccc3[nH]2)c(C(F)(F)F)c1. The second-order valence-corrected chi connectivity index (χ2v) is 4.29. The van der Waals surface area contributed by atoms with E-state index in [1.807, 2.05) is 0 Å². The Morgan fingerprint density at radius 2 is 1.75 bits per heavy atom. The topological polar surface area (TPSA) is 28.7 Å².